The van der Waals surface area contributed by atoms with Gasteiger partial charge in [0.1, 0.15) is 17.3 Å². The monoisotopic (exact) mass is 408 g/mol. The number of nitrogens with one attached hydrogen (secondary N) is 1. The maximum absolute atomic E-state index is 12.3. The first-order chi connectivity index (χ1) is 14.5. The van der Waals surface area contributed by atoms with E-state index in [1.165, 1.54) is 0 Å². The van der Waals surface area contributed by atoms with Crippen LogP contribution in [0.5, 0.6) is 11.5 Å². The molecule has 0 saturated heterocycles. The van der Waals surface area contributed by atoms with Crippen LogP contribution in [0.15, 0.2) is 60.8 Å². The van der Waals surface area contributed by atoms with Gasteiger partial charge in [-0.2, -0.15) is 5.10 Å². The summed E-state index contributed by atoms with van der Waals surface area (Å²) in [5.41, 5.74) is 2.23. The van der Waals surface area contributed by atoms with Gasteiger partial charge in [0.05, 0.1) is 19.3 Å². The van der Waals surface area contributed by atoms with Crippen LogP contribution in [0.3, 0.4) is 0 Å². The quantitative estimate of drug-likeness (QED) is 0.553. The second-order valence-electron chi connectivity index (χ2n) is 7.09. The van der Waals surface area contributed by atoms with Gasteiger partial charge in [-0.05, 0) is 48.4 Å². The number of amides is 1. The topological polar surface area (TPSA) is 68.6 Å². The summed E-state index contributed by atoms with van der Waals surface area (Å²) in [4.78, 5) is 14.4. The molecule has 3 aromatic rings. The average molecular weight is 409 g/mol. The molecule has 7 nitrogen and oxygen atoms in total. The van der Waals surface area contributed by atoms with Gasteiger partial charge in [-0.1, -0.05) is 19.1 Å². The van der Waals surface area contributed by atoms with E-state index in [0.29, 0.717) is 24.7 Å². The van der Waals surface area contributed by atoms with E-state index in [1.807, 2.05) is 26.2 Å². The molecular weight excluding hydrogens is 380 g/mol. The third-order valence-electron chi connectivity index (χ3n) is 4.44. The van der Waals surface area contributed by atoms with Crippen LogP contribution in [0.2, 0.25) is 0 Å². The maximum Gasteiger partial charge on any atom is 0.263 e. The van der Waals surface area contributed by atoms with Gasteiger partial charge in [0.2, 0.25) is 0 Å². The number of aromatic nitrogens is 2. The molecule has 0 radical (unpaired) electrons. The van der Waals surface area contributed by atoms with Gasteiger partial charge in [-0.15, -0.1) is 0 Å². The van der Waals surface area contributed by atoms with Crippen molar-refractivity contribution in [1.82, 2.24) is 9.78 Å². The highest BCUT2D eigenvalue weighted by Crippen LogP contribution is 2.18. The predicted molar refractivity (Wildman–Crippen MR) is 118 cm³/mol. The summed E-state index contributed by atoms with van der Waals surface area (Å²) in [5.74, 6) is 1.79. The Bertz CT molecular complexity index is 934. The fourth-order valence-corrected chi connectivity index (χ4v) is 2.82. The van der Waals surface area contributed by atoms with E-state index in [-0.39, 0.29) is 12.5 Å². The van der Waals surface area contributed by atoms with Crippen molar-refractivity contribution in [2.45, 2.75) is 19.9 Å². The third kappa shape index (κ3) is 6.01. The van der Waals surface area contributed by atoms with Crippen LogP contribution < -0.4 is 19.7 Å². The molecule has 2 aromatic carbocycles. The normalized spacial score (nSPS) is 10.5. The van der Waals surface area contributed by atoms with Crippen LogP contribution >= 0.6 is 0 Å². The molecule has 0 aliphatic carbocycles. The van der Waals surface area contributed by atoms with Crippen molar-refractivity contribution in [3.63, 3.8) is 0 Å². The molecule has 0 spiro atoms. The first-order valence-electron chi connectivity index (χ1n) is 9.98. The van der Waals surface area contributed by atoms with Gasteiger partial charge < -0.3 is 19.7 Å². The van der Waals surface area contributed by atoms with Crippen molar-refractivity contribution in [3.8, 4) is 11.5 Å². The molecule has 0 saturated carbocycles. The average Bonchev–Trinajstić information content (AvgIpc) is 3.18. The van der Waals surface area contributed by atoms with Gasteiger partial charge in [0.25, 0.3) is 5.91 Å². The zero-order valence-corrected chi connectivity index (χ0v) is 17.7. The van der Waals surface area contributed by atoms with E-state index in [4.69, 9.17) is 9.47 Å². The van der Waals surface area contributed by atoms with Gasteiger partial charge in [0, 0.05) is 25.8 Å². The molecule has 0 atom stereocenters. The predicted octanol–water partition coefficient (Wildman–Crippen LogP) is 3.80. The number of ether oxygens (including phenoxy) is 2. The van der Waals surface area contributed by atoms with E-state index in [0.717, 1.165) is 23.4 Å². The fraction of sp³-hybridized carbons (Fsp3) is 0.304. The summed E-state index contributed by atoms with van der Waals surface area (Å²) < 4.78 is 12.9. The van der Waals surface area contributed by atoms with Crippen molar-refractivity contribution >= 4 is 17.4 Å². The Hall–Kier alpha value is -3.48. The summed E-state index contributed by atoms with van der Waals surface area (Å²) in [6.07, 6.45) is 2.62. The molecule has 1 aromatic heterocycles. The summed E-state index contributed by atoms with van der Waals surface area (Å²) >= 11 is 0. The maximum atomic E-state index is 12.3. The molecule has 0 fully saturated rings. The van der Waals surface area contributed by atoms with Gasteiger partial charge in [-0.3, -0.25) is 4.79 Å². The largest absolute Gasteiger partial charge is 0.494 e. The van der Waals surface area contributed by atoms with Gasteiger partial charge >= 0.3 is 0 Å². The molecule has 1 N–H and O–H groups in total. The number of hydrogen-bond acceptors (Lipinski definition) is 5. The first kappa shape index (κ1) is 21.2. The molecule has 0 aliphatic heterocycles. The number of hydrogen-bond donors (Lipinski definition) is 1. The lowest BCUT2D eigenvalue weighted by molar-refractivity contribution is -0.118. The minimum atomic E-state index is -0.244. The van der Waals surface area contributed by atoms with Crippen molar-refractivity contribution < 1.29 is 14.3 Å². The summed E-state index contributed by atoms with van der Waals surface area (Å²) in [6, 6.07) is 17.2. The fourth-order valence-electron chi connectivity index (χ4n) is 2.82. The SMILES string of the molecule is CCCOc1ccc(OCC(=O)Nc2ccnn2Cc2ccc(N(C)C)cc2)cc1. The van der Waals surface area contributed by atoms with Gasteiger partial charge in [0.15, 0.2) is 6.61 Å². The molecule has 7 heteroatoms. The van der Waals surface area contributed by atoms with Crippen LogP contribution in [0.4, 0.5) is 11.5 Å². The zero-order chi connectivity index (χ0) is 21.3. The number of benzene rings is 2. The Morgan fingerprint density at radius 3 is 2.30 bits per heavy atom. The van der Waals surface area contributed by atoms with Crippen molar-refractivity contribution in [2.75, 3.05) is 37.5 Å². The minimum absolute atomic E-state index is 0.0854. The molecule has 30 heavy (non-hydrogen) atoms. The Morgan fingerprint density at radius 2 is 1.67 bits per heavy atom. The van der Waals surface area contributed by atoms with Crippen LogP contribution in [-0.2, 0) is 11.3 Å². The Balaban J connectivity index is 1.52. The molecule has 3 rings (SSSR count). The van der Waals surface area contributed by atoms with E-state index in [1.54, 1.807) is 29.1 Å². The zero-order valence-electron chi connectivity index (χ0n) is 17.7. The number of anilines is 2. The second-order valence-corrected chi connectivity index (χ2v) is 7.09. The molecule has 1 heterocycles. The molecule has 1 amide bonds. The van der Waals surface area contributed by atoms with Crippen LogP contribution in [0.1, 0.15) is 18.9 Å². The Labute approximate surface area is 177 Å². The van der Waals surface area contributed by atoms with Crippen molar-refractivity contribution in [2.24, 2.45) is 0 Å². The van der Waals surface area contributed by atoms with Crippen molar-refractivity contribution in [1.29, 1.82) is 0 Å². The van der Waals surface area contributed by atoms with Crippen LogP contribution in [0.25, 0.3) is 0 Å². The highest BCUT2D eigenvalue weighted by atomic mass is 16.5. The Morgan fingerprint density at radius 1 is 1.00 bits per heavy atom. The van der Waals surface area contributed by atoms with Crippen molar-refractivity contribution in [3.05, 3.63) is 66.4 Å². The first-order valence-corrected chi connectivity index (χ1v) is 9.98. The number of carbonyl (C=O) groups excluding carboxylic acids is 1. The molecule has 0 unspecified atom stereocenters. The van der Waals surface area contributed by atoms with Gasteiger partial charge in [-0.25, -0.2) is 4.68 Å². The lowest BCUT2D eigenvalue weighted by Crippen LogP contribution is -2.22. The third-order valence-corrected chi connectivity index (χ3v) is 4.44. The van der Waals surface area contributed by atoms with Crippen LogP contribution in [0, 0.1) is 0 Å². The molecule has 0 aliphatic rings. The summed E-state index contributed by atoms with van der Waals surface area (Å²) in [7, 11) is 4.01. The Kier molecular flexibility index (Phi) is 7.32. The van der Waals surface area contributed by atoms with E-state index >= 15 is 0 Å². The smallest absolute Gasteiger partial charge is 0.263 e. The molecular formula is C23H28N4O3. The molecule has 0 bridgehead atoms. The van der Waals surface area contributed by atoms with E-state index < -0.39 is 0 Å². The lowest BCUT2D eigenvalue weighted by atomic mass is 10.2. The summed E-state index contributed by atoms with van der Waals surface area (Å²) in [6.45, 7) is 3.22. The standard InChI is InChI=1S/C23H28N4O3/c1-4-15-29-20-9-11-21(12-10-20)30-17-23(28)25-22-13-14-24-27(22)16-18-5-7-19(8-6-18)26(2)3/h5-14H,4,15-17H2,1-3H3,(H,25,28). The van der Waals surface area contributed by atoms with Crippen LogP contribution in [-0.4, -0.2) is 43.0 Å². The molecule has 158 valence electrons. The minimum Gasteiger partial charge on any atom is -0.494 e. The number of carbonyl (C=O) groups is 1. The summed E-state index contributed by atoms with van der Waals surface area (Å²) in [5, 5.41) is 7.16. The van der Waals surface area contributed by atoms with E-state index in [9.17, 15) is 4.79 Å². The number of nitrogens with zero attached hydrogens (tertiary/aromatic N) is 3. The second kappa shape index (κ2) is 10.3. The highest BCUT2D eigenvalue weighted by Gasteiger charge is 2.09. The van der Waals surface area contributed by atoms with E-state index in [2.05, 4.69) is 46.5 Å². The number of rotatable bonds is 10. The lowest BCUT2D eigenvalue weighted by Gasteiger charge is -2.13. The highest BCUT2D eigenvalue weighted by molar-refractivity contribution is 5.91.